The molecule has 110 valence electrons. The van der Waals surface area contributed by atoms with Gasteiger partial charge >= 0.3 is 0 Å². The molecule has 0 atom stereocenters. The molecule has 1 aromatic rings. The van der Waals surface area contributed by atoms with E-state index in [1.54, 1.807) is 0 Å². The highest BCUT2D eigenvalue weighted by Gasteiger charge is 2.30. The summed E-state index contributed by atoms with van der Waals surface area (Å²) in [6.45, 7) is 5.96. The first-order valence-electron chi connectivity index (χ1n) is 6.30. The van der Waals surface area contributed by atoms with Gasteiger partial charge in [0.15, 0.2) is 0 Å². The van der Waals surface area contributed by atoms with Crippen molar-refractivity contribution in [3.05, 3.63) is 30.1 Å². The van der Waals surface area contributed by atoms with Crippen LogP contribution in [0.4, 0.5) is 4.39 Å². The first-order chi connectivity index (χ1) is 9.18. The molecule has 6 heteroatoms. The van der Waals surface area contributed by atoms with E-state index in [0.717, 1.165) is 6.07 Å². The molecule has 1 rings (SSSR count). The molecule has 0 heterocycles. The van der Waals surface area contributed by atoms with Crippen molar-refractivity contribution in [3.8, 4) is 6.07 Å². The zero-order valence-corrected chi connectivity index (χ0v) is 12.7. The Morgan fingerprint density at radius 2 is 1.90 bits per heavy atom. The Labute approximate surface area is 119 Å². The SMILES string of the molecule is CC(C)(C)CN(CCC#N)S(=O)(=O)c1ccccc1F. The highest BCUT2D eigenvalue weighted by atomic mass is 32.2. The number of hydrogen-bond donors (Lipinski definition) is 0. The van der Waals surface area contributed by atoms with Crippen molar-refractivity contribution in [2.75, 3.05) is 13.1 Å². The molecule has 0 aliphatic rings. The number of rotatable bonds is 5. The van der Waals surface area contributed by atoms with Gasteiger partial charge in [0.05, 0.1) is 6.07 Å². The van der Waals surface area contributed by atoms with Gasteiger partial charge in [-0.15, -0.1) is 0 Å². The predicted molar refractivity (Wildman–Crippen MR) is 74.8 cm³/mol. The lowest BCUT2D eigenvalue weighted by atomic mass is 9.97. The first kappa shape index (κ1) is 16.6. The van der Waals surface area contributed by atoms with Crippen LogP contribution in [0.1, 0.15) is 27.2 Å². The molecule has 0 N–H and O–H groups in total. The van der Waals surface area contributed by atoms with Crippen LogP contribution in [0.15, 0.2) is 29.2 Å². The second-order valence-corrected chi connectivity index (χ2v) is 7.64. The summed E-state index contributed by atoms with van der Waals surface area (Å²) in [5.74, 6) is -0.775. The second kappa shape index (κ2) is 6.33. The number of halogens is 1. The minimum Gasteiger partial charge on any atom is -0.207 e. The molecule has 0 aromatic heterocycles. The normalized spacial score (nSPS) is 12.4. The average Bonchev–Trinajstić information content (AvgIpc) is 2.33. The van der Waals surface area contributed by atoms with Gasteiger partial charge in [-0.1, -0.05) is 32.9 Å². The van der Waals surface area contributed by atoms with Crippen LogP contribution in [0.2, 0.25) is 0 Å². The fourth-order valence-corrected chi connectivity index (χ4v) is 3.51. The van der Waals surface area contributed by atoms with Crippen LogP contribution in [0.5, 0.6) is 0 Å². The van der Waals surface area contributed by atoms with Crippen LogP contribution in [0.3, 0.4) is 0 Å². The lowest BCUT2D eigenvalue weighted by Crippen LogP contribution is -2.38. The van der Waals surface area contributed by atoms with Gasteiger partial charge < -0.3 is 0 Å². The van der Waals surface area contributed by atoms with Crippen molar-refractivity contribution in [1.82, 2.24) is 4.31 Å². The van der Waals surface area contributed by atoms with E-state index in [0.29, 0.717) is 0 Å². The van der Waals surface area contributed by atoms with Crippen molar-refractivity contribution in [2.24, 2.45) is 5.41 Å². The topological polar surface area (TPSA) is 61.2 Å². The second-order valence-electron chi connectivity index (χ2n) is 5.74. The van der Waals surface area contributed by atoms with E-state index < -0.39 is 15.8 Å². The molecule has 0 saturated heterocycles. The average molecular weight is 298 g/mol. The maximum Gasteiger partial charge on any atom is 0.246 e. The maximum absolute atomic E-state index is 13.7. The summed E-state index contributed by atoms with van der Waals surface area (Å²) in [6, 6.07) is 7.21. The lowest BCUT2D eigenvalue weighted by Gasteiger charge is -2.28. The molecule has 0 spiro atoms. The van der Waals surface area contributed by atoms with E-state index in [2.05, 4.69) is 0 Å². The van der Waals surface area contributed by atoms with Crippen molar-refractivity contribution in [2.45, 2.75) is 32.1 Å². The van der Waals surface area contributed by atoms with E-state index in [1.807, 2.05) is 26.8 Å². The first-order valence-corrected chi connectivity index (χ1v) is 7.74. The number of hydrogen-bond acceptors (Lipinski definition) is 3. The lowest BCUT2D eigenvalue weighted by molar-refractivity contribution is 0.284. The van der Waals surface area contributed by atoms with E-state index >= 15 is 0 Å². The number of benzene rings is 1. The Morgan fingerprint density at radius 1 is 1.30 bits per heavy atom. The summed E-state index contributed by atoms with van der Waals surface area (Å²) in [5.41, 5.74) is -0.284. The van der Waals surface area contributed by atoms with Crippen LogP contribution >= 0.6 is 0 Å². The summed E-state index contributed by atoms with van der Waals surface area (Å²) < 4.78 is 39.9. The summed E-state index contributed by atoms with van der Waals surface area (Å²) in [5, 5.41) is 8.66. The van der Waals surface area contributed by atoms with Gasteiger partial charge in [-0.3, -0.25) is 0 Å². The van der Waals surface area contributed by atoms with Crippen molar-refractivity contribution < 1.29 is 12.8 Å². The van der Waals surface area contributed by atoms with Gasteiger partial charge in [0, 0.05) is 19.5 Å². The highest BCUT2D eigenvalue weighted by molar-refractivity contribution is 7.89. The third kappa shape index (κ3) is 4.29. The maximum atomic E-state index is 13.7. The molecule has 0 unspecified atom stereocenters. The Kier molecular flexibility index (Phi) is 5.26. The van der Waals surface area contributed by atoms with E-state index in [-0.39, 0.29) is 29.8 Å². The Morgan fingerprint density at radius 3 is 2.40 bits per heavy atom. The van der Waals surface area contributed by atoms with Crippen molar-refractivity contribution in [1.29, 1.82) is 5.26 Å². The summed E-state index contributed by atoms with van der Waals surface area (Å²) in [4.78, 5) is -0.345. The summed E-state index contributed by atoms with van der Waals surface area (Å²) >= 11 is 0. The van der Waals surface area contributed by atoms with Crippen LogP contribution in [0.25, 0.3) is 0 Å². The summed E-state index contributed by atoms with van der Waals surface area (Å²) in [7, 11) is -3.93. The quantitative estimate of drug-likeness (QED) is 0.839. The molecule has 0 bridgehead atoms. The molecule has 0 saturated carbocycles. The monoisotopic (exact) mass is 298 g/mol. The molecule has 0 radical (unpaired) electrons. The molecular weight excluding hydrogens is 279 g/mol. The zero-order chi connectivity index (χ0) is 15.4. The predicted octanol–water partition coefficient (Wildman–Crippen LogP) is 2.78. The molecule has 0 aliphatic heterocycles. The fourth-order valence-electron chi connectivity index (χ4n) is 1.78. The molecule has 0 amide bonds. The largest absolute Gasteiger partial charge is 0.246 e. The van der Waals surface area contributed by atoms with Gasteiger partial charge in [0.1, 0.15) is 10.7 Å². The van der Waals surface area contributed by atoms with Crippen LogP contribution in [-0.2, 0) is 10.0 Å². The molecule has 1 aromatic carbocycles. The molecule has 0 aliphatic carbocycles. The van der Waals surface area contributed by atoms with Crippen molar-refractivity contribution in [3.63, 3.8) is 0 Å². The van der Waals surface area contributed by atoms with Gasteiger partial charge in [-0.05, 0) is 17.5 Å². The fraction of sp³-hybridized carbons (Fsp3) is 0.500. The molecular formula is C14H19FN2O2S. The standard InChI is InChI=1S/C14H19FN2O2S/c1-14(2,3)11-17(10-6-9-16)20(18,19)13-8-5-4-7-12(13)15/h4-5,7-8H,6,10-11H2,1-3H3. The number of nitrogens with zero attached hydrogens (tertiary/aromatic N) is 2. The number of nitriles is 1. The molecule has 4 nitrogen and oxygen atoms in total. The highest BCUT2D eigenvalue weighted by Crippen LogP contribution is 2.24. The third-order valence-corrected chi connectivity index (χ3v) is 4.46. The summed E-state index contributed by atoms with van der Waals surface area (Å²) in [6.07, 6.45) is 0.0732. The molecule has 0 fully saturated rings. The van der Waals surface area contributed by atoms with Gasteiger partial charge in [0.25, 0.3) is 0 Å². The third-order valence-electron chi connectivity index (χ3n) is 2.58. The van der Waals surface area contributed by atoms with E-state index in [4.69, 9.17) is 5.26 Å². The smallest absolute Gasteiger partial charge is 0.207 e. The number of sulfonamides is 1. The van der Waals surface area contributed by atoms with Crippen LogP contribution in [-0.4, -0.2) is 25.8 Å². The minimum atomic E-state index is -3.93. The Bertz CT molecular complexity index is 600. The van der Waals surface area contributed by atoms with E-state index in [1.165, 1.54) is 22.5 Å². The van der Waals surface area contributed by atoms with Gasteiger partial charge in [-0.25, -0.2) is 12.8 Å². The van der Waals surface area contributed by atoms with Crippen LogP contribution < -0.4 is 0 Å². The van der Waals surface area contributed by atoms with Crippen molar-refractivity contribution >= 4 is 10.0 Å². The Hall–Kier alpha value is -1.45. The van der Waals surface area contributed by atoms with E-state index in [9.17, 15) is 12.8 Å². The van der Waals surface area contributed by atoms with Crippen LogP contribution in [0, 0.1) is 22.6 Å². The molecule has 20 heavy (non-hydrogen) atoms. The zero-order valence-electron chi connectivity index (χ0n) is 11.9. The Balaban J connectivity index is 3.18. The minimum absolute atomic E-state index is 0.0600. The van der Waals surface area contributed by atoms with Gasteiger partial charge in [0.2, 0.25) is 10.0 Å². The van der Waals surface area contributed by atoms with Gasteiger partial charge in [-0.2, -0.15) is 9.57 Å².